The van der Waals surface area contributed by atoms with Crippen LogP contribution in [0.1, 0.15) is 0 Å². The quantitative estimate of drug-likeness (QED) is 0.793. The molecule has 0 saturated heterocycles. The van der Waals surface area contributed by atoms with E-state index >= 15 is 0 Å². The number of halogens is 1. The lowest BCUT2D eigenvalue weighted by molar-refractivity contribution is 0.415. The molecule has 0 N–H and O–H groups in total. The van der Waals surface area contributed by atoms with Gasteiger partial charge in [-0.1, -0.05) is 0 Å². The van der Waals surface area contributed by atoms with E-state index in [4.69, 9.17) is 16.3 Å². The van der Waals surface area contributed by atoms with Crippen molar-refractivity contribution in [3.8, 4) is 5.75 Å². The van der Waals surface area contributed by atoms with Gasteiger partial charge in [0.05, 0.1) is 30.6 Å². The zero-order valence-electron chi connectivity index (χ0n) is 10.9. The van der Waals surface area contributed by atoms with Gasteiger partial charge in [-0.3, -0.25) is 9.89 Å². The Morgan fingerprint density at radius 1 is 1.40 bits per heavy atom. The maximum atomic E-state index is 5.98. The Balaban J connectivity index is 2.00. The molecule has 0 atom stereocenters. The Bertz CT molecular complexity index is 763. The van der Waals surface area contributed by atoms with Gasteiger partial charge in [0.1, 0.15) is 11.6 Å². The molecular formula is C13H12ClN5O. The van der Waals surface area contributed by atoms with Crippen molar-refractivity contribution >= 4 is 40.4 Å². The van der Waals surface area contributed by atoms with Crippen LogP contribution in [0.4, 0.5) is 5.95 Å². The highest BCUT2D eigenvalue weighted by atomic mass is 35.5. The third-order valence-corrected chi connectivity index (χ3v) is 3.76. The van der Waals surface area contributed by atoms with Gasteiger partial charge in [0, 0.05) is 12.6 Å². The van der Waals surface area contributed by atoms with E-state index < -0.39 is 0 Å². The Hall–Kier alpha value is -2.08. The highest BCUT2D eigenvalue weighted by Crippen LogP contribution is 2.30. The fourth-order valence-electron chi connectivity index (χ4n) is 2.60. The minimum atomic E-state index is 0.353. The summed E-state index contributed by atoms with van der Waals surface area (Å²) in [6.45, 7) is 1.57. The summed E-state index contributed by atoms with van der Waals surface area (Å²) in [6, 6.07) is 5.79. The van der Waals surface area contributed by atoms with Gasteiger partial charge in [0.2, 0.25) is 11.9 Å². The number of imidazole rings is 1. The number of hydrogen-bond acceptors (Lipinski definition) is 5. The van der Waals surface area contributed by atoms with Gasteiger partial charge >= 0.3 is 0 Å². The van der Waals surface area contributed by atoms with E-state index in [0.29, 0.717) is 11.8 Å². The third-order valence-electron chi connectivity index (χ3n) is 3.52. The van der Waals surface area contributed by atoms with E-state index in [0.717, 1.165) is 41.7 Å². The first kappa shape index (κ1) is 11.7. The molecule has 0 amide bonds. The average molecular weight is 290 g/mol. The van der Waals surface area contributed by atoms with E-state index in [1.54, 1.807) is 7.11 Å². The fraction of sp³-hybridized carbons (Fsp3) is 0.308. The van der Waals surface area contributed by atoms with Gasteiger partial charge in [-0.15, -0.1) is 11.6 Å². The molecule has 4 rings (SSSR count). The van der Waals surface area contributed by atoms with Crippen LogP contribution in [0, 0.1) is 0 Å². The summed E-state index contributed by atoms with van der Waals surface area (Å²) < 4.78 is 7.21. The average Bonchev–Trinajstić information content (AvgIpc) is 3.08. The highest BCUT2D eigenvalue weighted by Gasteiger charge is 2.31. The predicted molar refractivity (Wildman–Crippen MR) is 78.5 cm³/mol. The van der Waals surface area contributed by atoms with Gasteiger partial charge in [0.25, 0.3) is 0 Å². The Morgan fingerprint density at radius 2 is 2.30 bits per heavy atom. The zero-order chi connectivity index (χ0) is 13.7. The van der Waals surface area contributed by atoms with Crippen LogP contribution in [0.25, 0.3) is 11.0 Å². The summed E-state index contributed by atoms with van der Waals surface area (Å²) in [5.74, 6) is 3.42. The van der Waals surface area contributed by atoms with Crippen molar-refractivity contribution in [1.82, 2.24) is 14.5 Å². The summed E-state index contributed by atoms with van der Waals surface area (Å²) in [6.07, 6.45) is 0. The number of nitrogens with zero attached hydrogens (tertiary/aromatic N) is 5. The monoisotopic (exact) mass is 289 g/mol. The predicted octanol–water partition coefficient (Wildman–Crippen LogP) is 1.85. The molecule has 1 aromatic carbocycles. The maximum absolute atomic E-state index is 5.98. The first-order valence-corrected chi connectivity index (χ1v) is 6.87. The van der Waals surface area contributed by atoms with Crippen LogP contribution in [0.2, 0.25) is 0 Å². The Kier molecular flexibility index (Phi) is 2.47. The van der Waals surface area contributed by atoms with Crippen molar-refractivity contribution < 1.29 is 4.74 Å². The van der Waals surface area contributed by atoms with Crippen molar-refractivity contribution in [2.24, 2.45) is 9.98 Å². The second-order valence-corrected chi connectivity index (χ2v) is 4.86. The van der Waals surface area contributed by atoms with Crippen molar-refractivity contribution in [3.63, 3.8) is 0 Å². The lowest BCUT2D eigenvalue weighted by Gasteiger charge is -2.25. The molecule has 0 bridgehead atoms. The molecular weight excluding hydrogens is 278 g/mol. The lowest BCUT2D eigenvalue weighted by Crippen LogP contribution is -2.41. The van der Waals surface area contributed by atoms with Crippen LogP contribution in [-0.2, 0) is 0 Å². The normalized spacial score (nSPS) is 16.8. The molecule has 2 aliphatic rings. The molecule has 6 nitrogen and oxygen atoms in total. The summed E-state index contributed by atoms with van der Waals surface area (Å²) in [5, 5.41) is 0. The summed E-state index contributed by atoms with van der Waals surface area (Å²) in [4.78, 5) is 15.7. The summed E-state index contributed by atoms with van der Waals surface area (Å²) in [7, 11) is 1.64. The van der Waals surface area contributed by atoms with Crippen LogP contribution in [0.5, 0.6) is 5.75 Å². The standard InChI is InChI=1S/C13H12ClN5O/c1-20-8-2-3-10-9(6-8)16-12-17-11(7-14)18-5-4-15-13(18)19(10)12/h2-3,6H,4-5,7H2,1H3. The molecule has 20 heavy (non-hydrogen) atoms. The van der Waals surface area contributed by atoms with E-state index in [9.17, 15) is 0 Å². The first-order chi connectivity index (χ1) is 9.81. The van der Waals surface area contributed by atoms with Crippen LogP contribution < -0.4 is 4.74 Å². The second-order valence-electron chi connectivity index (χ2n) is 4.60. The molecule has 0 aliphatic carbocycles. The first-order valence-electron chi connectivity index (χ1n) is 6.34. The molecule has 2 aliphatic heterocycles. The van der Waals surface area contributed by atoms with Gasteiger partial charge < -0.3 is 4.74 Å². The van der Waals surface area contributed by atoms with E-state index in [1.165, 1.54) is 0 Å². The molecule has 102 valence electrons. The molecule has 2 aromatic rings. The fourth-order valence-corrected chi connectivity index (χ4v) is 2.80. The van der Waals surface area contributed by atoms with Crippen LogP contribution in [-0.4, -0.2) is 52.3 Å². The molecule has 3 heterocycles. The van der Waals surface area contributed by atoms with Crippen LogP contribution in [0.15, 0.2) is 28.2 Å². The smallest absolute Gasteiger partial charge is 0.239 e. The molecule has 0 unspecified atom stereocenters. The van der Waals surface area contributed by atoms with Gasteiger partial charge in [-0.2, -0.15) is 4.99 Å². The number of benzene rings is 1. The molecule has 0 radical (unpaired) electrons. The van der Waals surface area contributed by atoms with Crippen molar-refractivity contribution in [2.75, 3.05) is 26.1 Å². The van der Waals surface area contributed by atoms with Crippen molar-refractivity contribution in [1.29, 1.82) is 0 Å². The van der Waals surface area contributed by atoms with E-state index in [2.05, 4.69) is 15.0 Å². The molecule has 7 heteroatoms. The Labute approximate surface area is 120 Å². The number of amidine groups is 1. The Morgan fingerprint density at radius 3 is 3.10 bits per heavy atom. The number of alkyl halides is 1. The van der Waals surface area contributed by atoms with Gasteiger partial charge in [-0.25, -0.2) is 9.55 Å². The number of hydrogen-bond donors (Lipinski definition) is 0. The van der Waals surface area contributed by atoms with Crippen LogP contribution in [0.3, 0.4) is 0 Å². The number of fused-ring (bicyclic) bond motifs is 5. The second kappa shape index (κ2) is 4.21. The van der Waals surface area contributed by atoms with Gasteiger partial charge in [-0.05, 0) is 12.1 Å². The molecule has 0 spiro atoms. The highest BCUT2D eigenvalue weighted by molar-refractivity contribution is 6.30. The topological polar surface area (TPSA) is 55.0 Å². The van der Waals surface area contributed by atoms with Gasteiger partial charge in [0.15, 0.2) is 0 Å². The zero-order valence-corrected chi connectivity index (χ0v) is 11.6. The third kappa shape index (κ3) is 1.48. The molecule has 0 fully saturated rings. The number of aromatic nitrogens is 2. The van der Waals surface area contributed by atoms with Crippen LogP contribution >= 0.6 is 11.6 Å². The molecule has 1 aromatic heterocycles. The lowest BCUT2D eigenvalue weighted by atomic mass is 10.3. The number of aliphatic imine (C=N–C) groups is 2. The SMILES string of the molecule is COc1ccc2c(c1)nc1n2C2=NCCN2C(CCl)=N1. The number of rotatable bonds is 2. The van der Waals surface area contributed by atoms with E-state index in [1.807, 2.05) is 27.7 Å². The number of ether oxygens (including phenoxy) is 1. The summed E-state index contributed by atoms with van der Waals surface area (Å²) >= 11 is 5.98. The van der Waals surface area contributed by atoms with E-state index in [-0.39, 0.29) is 0 Å². The minimum absolute atomic E-state index is 0.353. The summed E-state index contributed by atoms with van der Waals surface area (Å²) in [5.41, 5.74) is 1.82. The molecule has 0 saturated carbocycles. The maximum Gasteiger partial charge on any atom is 0.239 e. The van der Waals surface area contributed by atoms with Crippen molar-refractivity contribution in [2.45, 2.75) is 0 Å². The largest absolute Gasteiger partial charge is 0.497 e. The minimum Gasteiger partial charge on any atom is -0.497 e. The number of methoxy groups -OCH3 is 1. The van der Waals surface area contributed by atoms with Crippen molar-refractivity contribution in [3.05, 3.63) is 18.2 Å².